The molecule has 0 unspecified atom stereocenters. The van der Waals surface area contributed by atoms with Gasteiger partial charge in [-0.25, -0.2) is 4.79 Å². The molecule has 1 rings (SSSR count). The van der Waals surface area contributed by atoms with Gasteiger partial charge in [0.25, 0.3) is 0 Å². The molecule has 0 aliphatic heterocycles. The van der Waals surface area contributed by atoms with E-state index in [-0.39, 0.29) is 19.6 Å². The Balaban J connectivity index is 2.58. The van der Waals surface area contributed by atoms with Gasteiger partial charge in [0.1, 0.15) is 6.04 Å². The van der Waals surface area contributed by atoms with Crippen LogP contribution in [0.1, 0.15) is 20.3 Å². The van der Waals surface area contributed by atoms with E-state index in [9.17, 15) is 14.4 Å². The van der Waals surface area contributed by atoms with Crippen LogP contribution in [-0.2, 0) is 23.9 Å². The van der Waals surface area contributed by atoms with Gasteiger partial charge in [0.2, 0.25) is 5.91 Å². The number of carbonyl (C=O) groups excluding carboxylic acids is 3. The van der Waals surface area contributed by atoms with Crippen LogP contribution in [0, 0.1) is 0 Å². The van der Waals surface area contributed by atoms with Gasteiger partial charge in [-0.1, -0.05) is 30.0 Å². The lowest BCUT2D eigenvalue weighted by atomic mass is 10.2. The smallest absolute Gasteiger partial charge is 0.329 e. The Hall–Kier alpha value is -2.28. The van der Waals surface area contributed by atoms with Gasteiger partial charge >= 0.3 is 11.9 Å². The number of hydrogen-bond acceptors (Lipinski definition) is 6. The molecule has 0 aromatic heterocycles. The summed E-state index contributed by atoms with van der Waals surface area (Å²) >= 11 is 1.37. The first-order chi connectivity index (χ1) is 11.6. The highest BCUT2D eigenvalue weighted by Crippen LogP contribution is 2.17. The zero-order valence-corrected chi connectivity index (χ0v) is 14.5. The molecule has 130 valence electrons. The third kappa shape index (κ3) is 7.82. The van der Waals surface area contributed by atoms with Gasteiger partial charge in [-0.3, -0.25) is 9.59 Å². The molecule has 0 spiro atoms. The summed E-state index contributed by atoms with van der Waals surface area (Å²) in [6.07, 6.45) is 1.03. The summed E-state index contributed by atoms with van der Waals surface area (Å²) in [6, 6.07) is 8.45. The van der Waals surface area contributed by atoms with Gasteiger partial charge in [-0.05, 0) is 31.4 Å². The van der Waals surface area contributed by atoms with E-state index >= 15 is 0 Å². The minimum absolute atomic E-state index is 0.160. The highest BCUT2D eigenvalue weighted by atomic mass is 32.2. The maximum absolute atomic E-state index is 11.9. The first-order valence-electron chi connectivity index (χ1n) is 7.57. The molecule has 24 heavy (non-hydrogen) atoms. The standard InChI is InChI=1S/C17H21NO5S/c1-3-22-16(20)12-14(17(21)23-4-2)18-15(19)10-11-24-13-8-6-5-7-9-13/h5-11,14H,3-4,12H2,1-2H3,(H,18,19)/b11-10+/t14-/m0/s1. The van der Waals surface area contributed by atoms with Crippen LogP contribution in [0.2, 0.25) is 0 Å². The van der Waals surface area contributed by atoms with E-state index in [1.165, 1.54) is 17.8 Å². The summed E-state index contributed by atoms with van der Waals surface area (Å²) in [5, 5.41) is 4.07. The molecule has 1 amide bonds. The Morgan fingerprint density at radius 3 is 2.42 bits per heavy atom. The lowest BCUT2D eigenvalue weighted by Gasteiger charge is -2.15. The van der Waals surface area contributed by atoms with E-state index in [4.69, 9.17) is 9.47 Å². The molecule has 0 bridgehead atoms. The van der Waals surface area contributed by atoms with Crippen LogP contribution in [0.4, 0.5) is 0 Å². The Labute approximate surface area is 145 Å². The molecule has 1 N–H and O–H groups in total. The molecule has 0 saturated heterocycles. The summed E-state index contributed by atoms with van der Waals surface area (Å²) in [4.78, 5) is 36.3. The number of rotatable bonds is 9. The third-order valence-corrected chi connectivity index (χ3v) is 3.55. The SMILES string of the molecule is CCOC(=O)C[C@H](NC(=O)/C=C/Sc1ccccc1)C(=O)OCC. The fraction of sp³-hybridized carbons (Fsp3) is 0.353. The fourth-order valence-corrected chi connectivity index (χ4v) is 2.38. The number of benzene rings is 1. The third-order valence-electron chi connectivity index (χ3n) is 2.73. The second-order valence-electron chi connectivity index (χ2n) is 4.56. The second kappa shape index (κ2) is 11.3. The molecule has 0 saturated carbocycles. The number of carbonyl (C=O) groups is 3. The van der Waals surface area contributed by atoms with Crippen molar-refractivity contribution in [1.29, 1.82) is 0 Å². The van der Waals surface area contributed by atoms with Crippen LogP contribution in [0.3, 0.4) is 0 Å². The summed E-state index contributed by atoms with van der Waals surface area (Å²) in [5.74, 6) is -1.72. The fourth-order valence-electron chi connectivity index (χ4n) is 1.72. The molecular formula is C17H21NO5S. The van der Waals surface area contributed by atoms with Crippen LogP contribution >= 0.6 is 11.8 Å². The number of ether oxygens (including phenoxy) is 2. The Morgan fingerprint density at radius 2 is 1.79 bits per heavy atom. The molecule has 0 aliphatic rings. The first-order valence-corrected chi connectivity index (χ1v) is 8.45. The zero-order valence-electron chi connectivity index (χ0n) is 13.7. The number of nitrogens with one attached hydrogen (secondary N) is 1. The molecule has 0 radical (unpaired) electrons. The maximum Gasteiger partial charge on any atom is 0.329 e. The van der Waals surface area contributed by atoms with Crippen molar-refractivity contribution in [3.05, 3.63) is 41.8 Å². The number of esters is 2. The summed E-state index contributed by atoms with van der Waals surface area (Å²) in [6.45, 7) is 3.68. The minimum atomic E-state index is -1.07. The summed E-state index contributed by atoms with van der Waals surface area (Å²) < 4.78 is 9.67. The van der Waals surface area contributed by atoms with Crippen molar-refractivity contribution in [2.45, 2.75) is 31.2 Å². The van der Waals surface area contributed by atoms with Crippen molar-refractivity contribution < 1.29 is 23.9 Å². The molecule has 1 atom stereocenters. The van der Waals surface area contributed by atoms with Gasteiger partial charge in [-0.15, -0.1) is 0 Å². The molecule has 0 aliphatic carbocycles. The number of hydrogen-bond donors (Lipinski definition) is 1. The maximum atomic E-state index is 11.9. The molecule has 1 aromatic rings. The van der Waals surface area contributed by atoms with Crippen LogP contribution in [0.25, 0.3) is 0 Å². The van der Waals surface area contributed by atoms with Crippen LogP contribution in [-0.4, -0.2) is 37.1 Å². The van der Waals surface area contributed by atoms with Crippen molar-refractivity contribution in [1.82, 2.24) is 5.32 Å². The zero-order chi connectivity index (χ0) is 17.8. The van der Waals surface area contributed by atoms with Gasteiger partial charge in [0, 0.05) is 11.0 Å². The van der Waals surface area contributed by atoms with Crippen LogP contribution in [0.15, 0.2) is 46.7 Å². The minimum Gasteiger partial charge on any atom is -0.466 e. The van der Waals surface area contributed by atoms with Gasteiger partial charge in [-0.2, -0.15) is 0 Å². The number of thioether (sulfide) groups is 1. The van der Waals surface area contributed by atoms with Crippen LogP contribution < -0.4 is 5.32 Å². The largest absolute Gasteiger partial charge is 0.466 e. The Bertz CT molecular complexity index is 574. The monoisotopic (exact) mass is 351 g/mol. The predicted molar refractivity (Wildman–Crippen MR) is 91.3 cm³/mol. The van der Waals surface area contributed by atoms with Gasteiger partial charge in [0.15, 0.2) is 0 Å². The highest BCUT2D eigenvalue weighted by Gasteiger charge is 2.25. The van der Waals surface area contributed by atoms with Crippen LogP contribution in [0.5, 0.6) is 0 Å². The highest BCUT2D eigenvalue weighted by molar-refractivity contribution is 8.02. The van der Waals surface area contributed by atoms with E-state index in [0.29, 0.717) is 0 Å². The topological polar surface area (TPSA) is 81.7 Å². The first kappa shape index (κ1) is 19.8. The molecule has 6 nitrogen and oxygen atoms in total. The lowest BCUT2D eigenvalue weighted by molar-refractivity contribution is -0.153. The average Bonchev–Trinajstić information content (AvgIpc) is 2.55. The van der Waals surface area contributed by atoms with Crippen molar-refractivity contribution >= 4 is 29.6 Å². The number of amides is 1. The molecule has 0 fully saturated rings. The second-order valence-corrected chi connectivity index (χ2v) is 5.54. The quantitative estimate of drug-likeness (QED) is 0.418. The van der Waals surface area contributed by atoms with E-state index < -0.39 is 23.9 Å². The Kier molecular flexibility index (Phi) is 9.29. The summed E-state index contributed by atoms with van der Waals surface area (Å²) in [5.41, 5.74) is 0. The average molecular weight is 351 g/mol. The lowest BCUT2D eigenvalue weighted by Crippen LogP contribution is -2.42. The van der Waals surface area contributed by atoms with E-state index in [1.807, 2.05) is 30.3 Å². The van der Waals surface area contributed by atoms with Gasteiger partial charge < -0.3 is 14.8 Å². The predicted octanol–water partition coefficient (Wildman–Crippen LogP) is 2.29. The van der Waals surface area contributed by atoms with Crippen molar-refractivity contribution in [3.63, 3.8) is 0 Å². The molecule has 7 heteroatoms. The van der Waals surface area contributed by atoms with Crippen molar-refractivity contribution in [3.8, 4) is 0 Å². The van der Waals surface area contributed by atoms with Crippen molar-refractivity contribution in [2.24, 2.45) is 0 Å². The van der Waals surface area contributed by atoms with E-state index in [2.05, 4.69) is 5.32 Å². The van der Waals surface area contributed by atoms with Crippen molar-refractivity contribution in [2.75, 3.05) is 13.2 Å². The van der Waals surface area contributed by atoms with E-state index in [1.54, 1.807) is 19.3 Å². The molecular weight excluding hydrogens is 330 g/mol. The van der Waals surface area contributed by atoms with E-state index in [0.717, 1.165) is 4.90 Å². The normalized spacial score (nSPS) is 11.8. The summed E-state index contributed by atoms with van der Waals surface area (Å²) in [7, 11) is 0. The Morgan fingerprint density at radius 1 is 1.12 bits per heavy atom. The van der Waals surface area contributed by atoms with Gasteiger partial charge in [0.05, 0.1) is 19.6 Å². The molecule has 1 aromatic carbocycles. The molecule has 0 heterocycles.